The fourth-order valence-corrected chi connectivity index (χ4v) is 4.74. The molecule has 1 saturated heterocycles. The van der Waals surface area contributed by atoms with Gasteiger partial charge < -0.3 is 0 Å². The molecule has 4 nitrogen and oxygen atoms in total. The van der Waals surface area contributed by atoms with Crippen LogP contribution in [0.4, 0.5) is 9.52 Å². The zero-order valence-electron chi connectivity index (χ0n) is 15.6. The van der Waals surface area contributed by atoms with Crippen LogP contribution >= 0.6 is 34.7 Å². The SMILES string of the molecule is C=CCN1C(=O)/C(=C/c2c(F)cccc2Cl)S/C1=N/c1nc(-c2ccccc2)cs1. The summed E-state index contributed by atoms with van der Waals surface area (Å²) in [6, 6.07) is 14.2. The summed E-state index contributed by atoms with van der Waals surface area (Å²) >= 11 is 8.65. The molecule has 4 rings (SSSR count). The molecule has 0 radical (unpaired) electrons. The number of nitrogens with zero attached hydrogens (tertiary/aromatic N) is 3. The fourth-order valence-electron chi connectivity index (χ4n) is 2.80. The Balaban J connectivity index is 1.68. The lowest BCUT2D eigenvalue weighted by molar-refractivity contribution is -0.121. The molecule has 8 heteroatoms. The molecule has 150 valence electrons. The summed E-state index contributed by atoms with van der Waals surface area (Å²) in [6.45, 7) is 3.99. The third-order valence-corrected chi connectivity index (χ3v) is 6.30. The summed E-state index contributed by atoms with van der Waals surface area (Å²) in [7, 11) is 0. The molecule has 0 atom stereocenters. The predicted octanol–water partition coefficient (Wildman–Crippen LogP) is 6.39. The molecule has 1 aromatic heterocycles. The molecule has 30 heavy (non-hydrogen) atoms. The second-order valence-electron chi connectivity index (χ2n) is 6.23. The summed E-state index contributed by atoms with van der Waals surface area (Å²) < 4.78 is 14.2. The third kappa shape index (κ3) is 4.23. The van der Waals surface area contributed by atoms with E-state index in [1.165, 1.54) is 34.4 Å². The molecule has 0 bridgehead atoms. The number of aromatic nitrogens is 1. The Kier molecular flexibility index (Phi) is 6.13. The minimum Gasteiger partial charge on any atom is -0.282 e. The molecule has 0 unspecified atom stereocenters. The maximum absolute atomic E-state index is 14.2. The molecular formula is C22H15ClFN3OS2. The van der Waals surface area contributed by atoms with E-state index in [-0.39, 0.29) is 23.0 Å². The number of carbonyl (C=O) groups is 1. The Morgan fingerprint density at radius 1 is 1.20 bits per heavy atom. The molecule has 0 aliphatic carbocycles. The second kappa shape index (κ2) is 8.95. The zero-order valence-corrected chi connectivity index (χ0v) is 18.0. The van der Waals surface area contributed by atoms with Gasteiger partial charge >= 0.3 is 0 Å². The molecule has 1 aliphatic heterocycles. The second-order valence-corrected chi connectivity index (χ2v) is 8.48. The van der Waals surface area contributed by atoms with Crippen molar-refractivity contribution in [3.8, 4) is 11.3 Å². The van der Waals surface area contributed by atoms with Crippen LogP contribution in [0.2, 0.25) is 5.02 Å². The molecule has 1 aliphatic rings. The summed E-state index contributed by atoms with van der Waals surface area (Å²) in [5.74, 6) is -0.769. The highest BCUT2D eigenvalue weighted by atomic mass is 35.5. The highest BCUT2D eigenvalue weighted by Gasteiger charge is 2.33. The van der Waals surface area contributed by atoms with Gasteiger partial charge in [-0.3, -0.25) is 9.69 Å². The molecule has 1 amide bonds. The standard InChI is InChI=1S/C22H15ClFN3OS2/c1-2-11-27-20(28)19(12-15-16(23)9-6-10-17(15)24)30-22(27)26-21-25-18(13-29-21)14-7-4-3-5-8-14/h2-10,12-13H,1,11H2/b19-12-,26-22+. The normalized spacial score (nSPS) is 16.6. The number of hydrogen-bond donors (Lipinski definition) is 0. The van der Waals surface area contributed by atoms with Crippen LogP contribution in [0, 0.1) is 5.82 Å². The smallest absolute Gasteiger partial charge is 0.267 e. The van der Waals surface area contributed by atoms with Gasteiger partial charge in [0.15, 0.2) is 5.17 Å². The number of amides is 1. The molecule has 0 spiro atoms. The first-order chi connectivity index (χ1) is 14.6. The summed E-state index contributed by atoms with van der Waals surface area (Å²) in [5.41, 5.74) is 1.99. The predicted molar refractivity (Wildman–Crippen MR) is 124 cm³/mol. The van der Waals surface area contributed by atoms with Crippen molar-refractivity contribution in [1.82, 2.24) is 9.88 Å². The number of benzene rings is 2. The first-order valence-corrected chi connectivity index (χ1v) is 11.0. The Morgan fingerprint density at radius 3 is 2.73 bits per heavy atom. The van der Waals surface area contributed by atoms with Gasteiger partial charge in [-0.25, -0.2) is 9.37 Å². The van der Waals surface area contributed by atoms with Gasteiger partial charge in [-0.2, -0.15) is 4.99 Å². The molecule has 2 heterocycles. The van der Waals surface area contributed by atoms with Gasteiger partial charge in [-0.15, -0.1) is 17.9 Å². The average molecular weight is 456 g/mol. The maximum atomic E-state index is 14.2. The van der Waals surface area contributed by atoms with Gasteiger partial charge in [0.1, 0.15) is 5.82 Å². The van der Waals surface area contributed by atoms with Gasteiger partial charge in [0, 0.05) is 23.1 Å². The van der Waals surface area contributed by atoms with E-state index >= 15 is 0 Å². The van der Waals surface area contributed by atoms with Gasteiger partial charge in [-0.05, 0) is 30.0 Å². The van der Waals surface area contributed by atoms with Crippen molar-refractivity contribution < 1.29 is 9.18 Å². The third-order valence-electron chi connectivity index (χ3n) is 4.23. The highest BCUT2D eigenvalue weighted by Crippen LogP contribution is 2.36. The van der Waals surface area contributed by atoms with Crippen LogP contribution in [0.25, 0.3) is 17.3 Å². The van der Waals surface area contributed by atoms with Crippen molar-refractivity contribution in [2.24, 2.45) is 4.99 Å². The van der Waals surface area contributed by atoms with Crippen LogP contribution in [-0.4, -0.2) is 27.5 Å². The number of amidine groups is 1. The van der Waals surface area contributed by atoms with Crippen molar-refractivity contribution in [3.63, 3.8) is 0 Å². The van der Waals surface area contributed by atoms with E-state index in [4.69, 9.17) is 11.6 Å². The van der Waals surface area contributed by atoms with E-state index in [1.807, 2.05) is 35.7 Å². The minimum absolute atomic E-state index is 0.176. The maximum Gasteiger partial charge on any atom is 0.267 e. The number of aliphatic imine (C=N–C) groups is 1. The van der Waals surface area contributed by atoms with Crippen LogP contribution < -0.4 is 0 Å². The Labute approximate surface area is 186 Å². The van der Waals surface area contributed by atoms with E-state index < -0.39 is 5.82 Å². The average Bonchev–Trinajstić information content (AvgIpc) is 3.32. The van der Waals surface area contributed by atoms with E-state index in [1.54, 1.807) is 12.1 Å². The van der Waals surface area contributed by atoms with Gasteiger partial charge in [0.05, 0.1) is 15.6 Å². The monoisotopic (exact) mass is 455 g/mol. The number of rotatable bonds is 5. The van der Waals surface area contributed by atoms with Gasteiger partial charge in [0.25, 0.3) is 5.91 Å². The topological polar surface area (TPSA) is 45.6 Å². The summed E-state index contributed by atoms with van der Waals surface area (Å²) in [5, 5.41) is 3.16. The van der Waals surface area contributed by atoms with E-state index in [9.17, 15) is 9.18 Å². The first-order valence-electron chi connectivity index (χ1n) is 8.93. The number of carbonyl (C=O) groups excluding carboxylic acids is 1. The van der Waals surface area contributed by atoms with E-state index in [2.05, 4.69) is 16.6 Å². The van der Waals surface area contributed by atoms with Gasteiger partial charge in [0.2, 0.25) is 5.13 Å². The van der Waals surface area contributed by atoms with Crippen LogP contribution in [0.3, 0.4) is 0 Å². The lowest BCUT2D eigenvalue weighted by Crippen LogP contribution is -2.29. The largest absolute Gasteiger partial charge is 0.282 e. The summed E-state index contributed by atoms with van der Waals surface area (Å²) in [6.07, 6.45) is 3.07. The molecule has 1 fully saturated rings. The van der Waals surface area contributed by atoms with Crippen molar-refractivity contribution >= 4 is 57.0 Å². The summed E-state index contributed by atoms with van der Waals surface area (Å²) in [4.78, 5) is 23.8. The van der Waals surface area contributed by atoms with Crippen molar-refractivity contribution in [1.29, 1.82) is 0 Å². The molecular weight excluding hydrogens is 441 g/mol. The van der Waals surface area contributed by atoms with Crippen LogP contribution in [0.5, 0.6) is 0 Å². The Bertz CT molecular complexity index is 1150. The number of thiazole rings is 1. The van der Waals surface area contributed by atoms with Crippen molar-refractivity contribution in [3.05, 3.63) is 87.9 Å². The minimum atomic E-state index is -0.489. The number of halogens is 2. The van der Waals surface area contributed by atoms with Gasteiger partial charge in [-0.1, -0.05) is 54.1 Å². The quantitative estimate of drug-likeness (QED) is 0.330. The van der Waals surface area contributed by atoms with Crippen molar-refractivity contribution in [2.75, 3.05) is 6.54 Å². The number of thioether (sulfide) groups is 1. The molecule has 0 saturated carbocycles. The lowest BCUT2D eigenvalue weighted by atomic mass is 10.2. The fraction of sp³-hybridized carbons (Fsp3) is 0.0455. The van der Waals surface area contributed by atoms with Crippen LogP contribution in [0.15, 0.2) is 76.5 Å². The molecule has 2 aromatic carbocycles. The van der Waals surface area contributed by atoms with Crippen LogP contribution in [0.1, 0.15) is 5.56 Å². The first kappa shape index (κ1) is 20.5. The van der Waals surface area contributed by atoms with Crippen LogP contribution in [-0.2, 0) is 4.79 Å². The molecule has 0 N–H and O–H groups in total. The highest BCUT2D eigenvalue weighted by molar-refractivity contribution is 8.18. The Hall–Kier alpha value is -2.74. The zero-order chi connectivity index (χ0) is 21.1. The molecule has 3 aromatic rings. The van der Waals surface area contributed by atoms with E-state index in [0.717, 1.165) is 23.0 Å². The van der Waals surface area contributed by atoms with E-state index in [0.29, 0.717) is 15.2 Å². The Morgan fingerprint density at radius 2 is 2.00 bits per heavy atom. The van der Waals surface area contributed by atoms with Crippen molar-refractivity contribution in [2.45, 2.75) is 0 Å². The lowest BCUT2D eigenvalue weighted by Gasteiger charge is -2.11. The number of hydrogen-bond acceptors (Lipinski definition) is 5.